The van der Waals surface area contributed by atoms with E-state index in [1.165, 1.54) is 107 Å². The van der Waals surface area contributed by atoms with Gasteiger partial charge in [0.15, 0.2) is 0 Å². The second-order valence-electron chi connectivity index (χ2n) is 13.3. The number of rotatable bonds is 21. The SMILES string of the molecule is CC1=C(/C=C/C(C)=C/C=C/C(C)=C/COC(=O)CCCCCCCCCCCCCCC(C)C)C(C)(C)CCC1. The Bertz CT molecular complexity index is 847. The first-order chi connectivity index (χ1) is 19.1. The smallest absolute Gasteiger partial charge is 0.306 e. The molecular weight excluding hydrogens is 488 g/mol. The van der Waals surface area contributed by atoms with Gasteiger partial charge in [-0.15, -0.1) is 0 Å². The molecule has 0 fully saturated rings. The molecule has 0 aromatic carbocycles. The predicted molar refractivity (Wildman–Crippen MR) is 177 cm³/mol. The third kappa shape index (κ3) is 18.5. The zero-order valence-corrected chi connectivity index (χ0v) is 27.6. The highest BCUT2D eigenvalue weighted by atomic mass is 16.5. The van der Waals surface area contributed by atoms with E-state index in [-0.39, 0.29) is 11.4 Å². The molecule has 0 aromatic rings. The van der Waals surface area contributed by atoms with Crippen LogP contribution >= 0.6 is 0 Å². The summed E-state index contributed by atoms with van der Waals surface area (Å²) in [6, 6.07) is 0. The van der Waals surface area contributed by atoms with Crippen LogP contribution in [0.2, 0.25) is 0 Å². The van der Waals surface area contributed by atoms with E-state index in [1.807, 2.05) is 6.08 Å². The number of unbranched alkanes of at least 4 members (excludes halogenated alkanes) is 11. The molecule has 0 unspecified atom stereocenters. The lowest BCUT2D eigenvalue weighted by atomic mass is 9.72. The second kappa shape index (κ2) is 21.9. The molecule has 0 bridgehead atoms. The summed E-state index contributed by atoms with van der Waals surface area (Å²) in [4.78, 5) is 12.0. The summed E-state index contributed by atoms with van der Waals surface area (Å²) in [6.45, 7) is 16.2. The van der Waals surface area contributed by atoms with E-state index in [9.17, 15) is 4.79 Å². The minimum absolute atomic E-state index is 0.0717. The van der Waals surface area contributed by atoms with Crippen molar-refractivity contribution in [2.75, 3.05) is 6.61 Å². The Morgan fingerprint density at radius 2 is 1.43 bits per heavy atom. The first kappa shape index (κ1) is 36.2. The van der Waals surface area contributed by atoms with Gasteiger partial charge < -0.3 is 4.74 Å². The van der Waals surface area contributed by atoms with Gasteiger partial charge >= 0.3 is 5.97 Å². The minimum atomic E-state index is -0.0717. The largest absolute Gasteiger partial charge is 0.461 e. The highest BCUT2D eigenvalue weighted by Crippen LogP contribution is 2.40. The van der Waals surface area contributed by atoms with E-state index in [4.69, 9.17) is 4.74 Å². The maximum absolute atomic E-state index is 12.0. The van der Waals surface area contributed by atoms with Crippen molar-refractivity contribution in [3.05, 3.63) is 58.7 Å². The van der Waals surface area contributed by atoms with Crippen LogP contribution in [0.25, 0.3) is 0 Å². The lowest BCUT2D eigenvalue weighted by Gasteiger charge is -2.32. The molecule has 0 amide bonds. The monoisotopic (exact) mass is 552 g/mol. The zero-order chi connectivity index (χ0) is 29.6. The standard InChI is InChI=1S/C38H64O2/c1-32(2)22-18-16-14-12-10-8-9-11-13-15-17-19-26-37(39)40-31-29-34(4)24-20-23-33(3)27-28-36-35(5)25-21-30-38(36,6)7/h20,23-24,27-29,32H,8-19,21-22,25-26,30-31H2,1-7H3/b24-20+,28-27+,33-23+,34-29+. The number of hydrogen-bond donors (Lipinski definition) is 0. The summed E-state index contributed by atoms with van der Waals surface area (Å²) < 4.78 is 5.41. The average Bonchev–Trinajstić information content (AvgIpc) is 2.88. The van der Waals surface area contributed by atoms with E-state index in [1.54, 1.807) is 0 Å². The zero-order valence-electron chi connectivity index (χ0n) is 27.6. The van der Waals surface area contributed by atoms with Gasteiger partial charge in [0.2, 0.25) is 0 Å². The molecule has 0 heterocycles. The highest BCUT2D eigenvalue weighted by Gasteiger charge is 2.26. The maximum Gasteiger partial charge on any atom is 0.306 e. The quantitative estimate of drug-likeness (QED) is 0.0804. The molecule has 0 aromatic heterocycles. The third-order valence-electron chi connectivity index (χ3n) is 8.34. The van der Waals surface area contributed by atoms with Crippen LogP contribution in [-0.2, 0) is 9.53 Å². The van der Waals surface area contributed by atoms with Gasteiger partial charge in [0.05, 0.1) is 0 Å². The molecule has 0 atom stereocenters. The predicted octanol–water partition coefficient (Wildman–Crippen LogP) is 12.2. The van der Waals surface area contributed by atoms with Crippen molar-refractivity contribution in [2.24, 2.45) is 11.3 Å². The minimum Gasteiger partial charge on any atom is -0.461 e. The van der Waals surface area contributed by atoms with E-state index in [0.717, 1.165) is 24.3 Å². The molecular formula is C38H64O2. The number of carbonyl (C=O) groups is 1. The maximum atomic E-state index is 12.0. The third-order valence-corrected chi connectivity index (χ3v) is 8.34. The highest BCUT2D eigenvalue weighted by molar-refractivity contribution is 5.69. The lowest BCUT2D eigenvalue weighted by Crippen LogP contribution is -2.19. The van der Waals surface area contributed by atoms with Crippen LogP contribution in [0.3, 0.4) is 0 Å². The first-order valence-corrected chi connectivity index (χ1v) is 16.7. The van der Waals surface area contributed by atoms with Crippen molar-refractivity contribution in [3.63, 3.8) is 0 Å². The molecule has 0 radical (unpaired) electrons. The Morgan fingerprint density at radius 1 is 0.850 bits per heavy atom. The topological polar surface area (TPSA) is 26.3 Å². The number of hydrogen-bond acceptors (Lipinski definition) is 2. The second-order valence-corrected chi connectivity index (χ2v) is 13.3. The van der Waals surface area contributed by atoms with E-state index in [2.05, 4.69) is 78.8 Å². The summed E-state index contributed by atoms with van der Waals surface area (Å²) in [6.07, 6.45) is 34.3. The van der Waals surface area contributed by atoms with Crippen molar-refractivity contribution < 1.29 is 9.53 Å². The van der Waals surface area contributed by atoms with Crippen LogP contribution in [0.15, 0.2) is 58.7 Å². The summed E-state index contributed by atoms with van der Waals surface area (Å²) in [5.41, 5.74) is 5.65. The Labute approximate surface area is 249 Å². The average molecular weight is 553 g/mol. The molecule has 228 valence electrons. The van der Waals surface area contributed by atoms with Crippen molar-refractivity contribution in [1.82, 2.24) is 0 Å². The molecule has 40 heavy (non-hydrogen) atoms. The van der Waals surface area contributed by atoms with E-state index < -0.39 is 0 Å². The van der Waals surface area contributed by atoms with Crippen LogP contribution < -0.4 is 0 Å². The molecule has 0 saturated heterocycles. The van der Waals surface area contributed by atoms with E-state index >= 15 is 0 Å². The van der Waals surface area contributed by atoms with Gasteiger partial charge in [0.1, 0.15) is 6.61 Å². The van der Waals surface area contributed by atoms with Crippen LogP contribution in [0.5, 0.6) is 0 Å². The van der Waals surface area contributed by atoms with Crippen molar-refractivity contribution in [1.29, 1.82) is 0 Å². The first-order valence-electron chi connectivity index (χ1n) is 16.7. The van der Waals surface area contributed by atoms with Crippen LogP contribution in [0.4, 0.5) is 0 Å². The van der Waals surface area contributed by atoms with Crippen molar-refractivity contribution in [2.45, 2.75) is 158 Å². The van der Waals surface area contributed by atoms with E-state index in [0.29, 0.717) is 13.0 Å². The van der Waals surface area contributed by atoms with Gasteiger partial charge in [0, 0.05) is 6.42 Å². The lowest BCUT2D eigenvalue weighted by molar-refractivity contribution is -0.142. The number of allylic oxidation sites excluding steroid dienone is 9. The number of carbonyl (C=O) groups excluding carboxylic acids is 1. The van der Waals surface area contributed by atoms with Gasteiger partial charge in [-0.05, 0) is 69.4 Å². The molecule has 1 aliphatic carbocycles. The molecule has 1 aliphatic rings. The summed E-state index contributed by atoms with van der Waals surface area (Å²) in [5, 5.41) is 0. The van der Waals surface area contributed by atoms with Gasteiger partial charge in [-0.25, -0.2) is 0 Å². The van der Waals surface area contributed by atoms with Crippen LogP contribution in [0, 0.1) is 11.3 Å². The Kier molecular flexibility index (Phi) is 19.8. The number of ether oxygens (including phenoxy) is 1. The molecule has 0 spiro atoms. The molecule has 2 nitrogen and oxygen atoms in total. The number of esters is 1. The Hall–Kier alpha value is -1.83. The summed E-state index contributed by atoms with van der Waals surface area (Å²) >= 11 is 0. The fourth-order valence-corrected chi connectivity index (χ4v) is 5.63. The Morgan fingerprint density at radius 3 is 2.00 bits per heavy atom. The van der Waals surface area contributed by atoms with Crippen LogP contribution in [-0.4, -0.2) is 12.6 Å². The fraction of sp³-hybridized carbons (Fsp3) is 0.711. The molecule has 2 heteroatoms. The normalized spacial score (nSPS) is 16.6. The summed E-state index contributed by atoms with van der Waals surface area (Å²) in [5.74, 6) is 0.787. The molecule has 0 aliphatic heterocycles. The van der Waals surface area contributed by atoms with Gasteiger partial charge in [-0.2, -0.15) is 0 Å². The van der Waals surface area contributed by atoms with Crippen LogP contribution in [0.1, 0.15) is 158 Å². The Balaban J connectivity index is 2.09. The van der Waals surface area contributed by atoms with Gasteiger partial charge in [-0.3, -0.25) is 4.79 Å². The molecule has 1 rings (SSSR count). The molecule has 0 saturated carbocycles. The summed E-state index contributed by atoms with van der Waals surface area (Å²) in [7, 11) is 0. The van der Waals surface area contributed by atoms with Crippen molar-refractivity contribution in [3.8, 4) is 0 Å². The van der Waals surface area contributed by atoms with Crippen molar-refractivity contribution >= 4 is 5.97 Å². The van der Waals surface area contributed by atoms with Gasteiger partial charge in [0.25, 0.3) is 0 Å². The van der Waals surface area contributed by atoms with Gasteiger partial charge in [-0.1, -0.05) is 152 Å². The fourth-order valence-electron chi connectivity index (χ4n) is 5.63. The molecule has 0 N–H and O–H groups in total.